The summed E-state index contributed by atoms with van der Waals surface area (Å²) in [5.41, 5.74) is 5.59. The predicted octanol–water partition coefficient (Wildman–Crippen LogP) is 2.63. The van der Waals surface area contributed by atoms with Gasteiger partial charge in [-0.2, -0.15) is 9.61 Å². The first-order valence-corrected chi connectivity index (χ1v) is 8.93. The molecule has 0 radical (unpaired) electrons. The van der Waals surface area contributed by atoms with Crippen LogP contribution in [0.5, 0.6) is 0 Å². The Morgan fingerprint density at radius 2 is 1.68 bits per heavy atom. The zero-order valence-electron chi connectivity index (χ0n) is 15.1. The van der Waals surface area contributed by atoms with Gasteiger partial charge in [-0.25, -0.2) is 4.98 Å². The number of aromatic nitrogens is 4. The van der Waals surface area contributed by atoms with Crippen molar-refractivity contribution in [3.63, 3.8) is 0 Å². The van der Waals surface area contributed by atoms with Crippen LogP contribution >= 0.6 is 0 Å². The first-order valence-electron chi connectivity index (χ1n) is 8.93. The number of fused-ring (bicyclic) bond motifs is 1. The van der Waals surface area contributed by atoms with Crippen molar-refractivity contribution in [2.75, 3.05) is 36.0 Å². The van der Waals surface area contributed by atoms with Crippen LogP contribution < -0.4 is 9.80 Å². The Balaban J connectivity index is 1.63. The van der Waals surface area contributed by atoms with Gasteiger partial charge in [0.1, 0.15) is 5.82 Å². The highest BCUT2D eigenvalue weighted by atomic mass is 15.4. The molecule has 6 heteroatoms. The van der Waals surface area contributed by atoms with E-state index in [0.717, 1.165) is 55.5 Å². The molecule has 1 fully saturated rings. The van der Waals surface area contributed by atoms with Gasteiger partial charge in [-0.3, -0.25) is 4.98 Å². The Morgan fingerprint density at radius 3 is 2.36 bits per heavy atom. The molecule has 3 aromatic rings. The van der Waals surface area contributed by atoms with E-state index in [2.05, 4.69) is 53.8 Å². The molecular weight excluding hydrogens is 312 g/mol. The second kappa shape index (κ2) is 6.35. The van der Waals surface area contributed by atoms with Crippen molar-refractivity contribution in [2.45, 2.75) is 27.2 Å². The first-order chi connectivity index (χ1) is 12.2. The highest BCUT2D eigenvalue weighted by molar-refractivity contribution is 5.58. The van der Waals surface area contributed by atoms with Crippen molar-refractivity contribution in [1.82, 2.24) is 19.6 Å². The van der Waals surface area contributed by atoms with Gasteiger partial charge in [0.05, 0.1) is 5.69 Å². The quantitative estimate of drug-likeness (QED) is 0.736. The summed E-state index contributed by atoms with van der Waals surface area (Å²) in [5, 5.41) is 4.73. The third-order valence-electron chi connectivity index (χ3n) is 5.08. The molecule has 0 saturated carbocycles. The minimum Gasteiger partial charge on any atom is -0.368 e. The normalized spacial score (nSPS) is 15.2. The fourth-order valence-electron chi connectivity index (χ4n) is 3.42. The smallest absolute Gasteiger partial charge is 0.160 e. The molecule has 1 aliphatic rings. The lowest BCUT2D eigenvalue weighted by Crippen LogP contribution is -2.47. The number of hydrogen-bond donors (Lipinski definition) is 0. The Bertz CT molecular complexity index is 878. The van der Waals surface area contributed by atoms with E-state index in [4.69, 9.17) is 10.1 Å². The molecule has 0 atom stereocenters. The van der Waals surface area contributed by atoms with Gasteiger partial charge in [-0.05, 0) is 32.4 Å². The van der Waals surface area contributed by atoms with Gasteiger partial charge >= 0.3 is 0 Å². The van der Waals surface area contributed by atoms with Crippen LogP contribution in [0, 0.1) is 13.8 Å². The van der Waals surface area contributed by atoms with Crippen LogP contribution in [-0.4, -0.2) is 45.8 Å². The number of rotatable bonds is 3. The summed E-state index contributed by atoms with van der Waals surface area (Å²) >= 11 is 0. The van der Waals surface area contributed by atoms with E-state index in [-0.39, 0.29) is 0 Å². The highest BCUT2D eigenvalue weighted by Gasteiger charge is 2.21. The summed E-state index contributed by atoms with van der Waals surface area (Å²) in [6.07, 6.45) is 4.65. The standard InChI is InChI=1S/C19H24N6/c1-4-16-13-18(25-19(21-16)14(2)15(3)22-25)24-11-9-23(10-12-24)17-5-7-20-8-6-17/h5-8,13H,4,9-12H2,1-3H3. The van der Waals surface area contributed by atoms with Crippen LogP contribution in [0.25, 0.3) is 5.65 Å². The molecule has 1 saturated heterocycles. The molecule has 130 valence electrons. The molecule has 0 aromatic carbocycles. The molecule has 0 bridgehead atoms. The second-order valence-corrected chi connectivity index (χ2v) is 6.58. The van der Waals surface area contributed by atoms with Gasteiger partial charge in [0.2, 0.25) is 0 Å². The van der Waals surface area contributed by atoms with Gasteiger partial charge in [0, 0.05) is 61.6 Å². The van der Waals surface area contributed by atoms with E-state index in [0.29, 0.717) is 0 Å². The zero-order valence-corrected chi connectivity index (χ0v) is 15.1. The summed E-state index contributed by atoms with van der Waals surface area (Å²) in [6.45, 7) is 10.3. The first kappa shape index (κ1) is 15.9. The molecule has 4 heterocycles. The molecule has 0 unspecified atom stereocenters. The van der Waals surface area contributed by atoms with E-state index in [9.17, 15) is 0 Å². The number of hydrogen-bond acceptors (Lipinski definition) is 5. The van der Waals surface area contributed by atoms with Gasteiger partial charge in [-0.1, -0.05) is 6.92 Å². The molecule has 6 nitrogen and oxygen atoms in total. The van der Waals surface area contributed by atoms with Crippen molar-refractivity contribution in [1.29, 1.82) is 0 Å². The molecule has 4 rings (SSSR count). The third kappa shape index (κ3) is 2.81. The maximum atomic E-state index is 4.79. The van der Waals surface area contributed by atoms with E-state index in [1.165, 1.54) is 11.3 Å². The molecule has 25 heavy (non-hydrogen) atoms. The largest absolute Gasteiger partial charge is 0.368 e. The van der Waals surface area contributed by atoms with Crippen molar-refractivity contribution in [3.8, 4) is 0 Å². The molecule has 1 aliphatic heterocycles. The maximum Gasteiger partial charge on any atom is 0.160 e. The lowest BCUT2D eigenvalue weighted by atomic mass is 10.2. The number of aryl methyl sites for hydroxylation is 3. The molecule has 0 amide bonds. The van der Waals surface area contributed by atoms with Gasteiger partial charge in [0.15, 0.2) is 5.65 Å². The van der Waals surface area contributed by atoms with Crippen LogP contribution in [-0.2, 0) is 6.42 Å². The van der Waals surface area contributed by atoms with E-state index in [1.807, 2.05) is 16.9 Å². The molecule has 0 spiro atoms. The summed E-state index contributed by atoms with van der Waals surface area (Å²) in [4.78, 5) is 13.7. The Morgan fingerprint density at radius 1 is 1.00 bits per heavy atom. The van der Waals surface area contributed by atoms with Crippen molar-refractivity contribution < 1.29 is 0 Å². The Kier molecular flexibility index (Phi) is 4.03. The zero-order chi connectivity index (χ0) is 17.4. The monoisotopic (exact) mass is 336 g/mol. The van der Waals surface area contributed by atoms with Crippen LogP contribution in [0.15, 0.2) is 30.6 Å². The van der Waals surface area contributed by atoms with Crippen LogP contribution in [0.2, 0.25) is 0 Å². The van der Waals surface area contributed by atoms with Crippen LogP contribution in [0.3, 0.4) is 0 Å². The minimum atomic E-state index is 0.935. The van der Waals surface area contributed by atoms with Gasteiger partial charge in [0.25, 0.3) is 0 Å². The van der Waals surface area contributed by atoms with E-state index >= 15 is 0 Å². The lowest BCUT2D eigenvalue weighted by Gasteiger charge is -2.37. The van der Waals surface area contributed by atoms with Gasteiger partial charge in [-0.15, -0.1) is 0 Å². The lowest BCUT2D eigenvalue weighted by molar-refractivity contribution is 0.637. The summed E-state index contributed by atoms with van der Waals surface area (Å²) in [6, 6.07) is 6.35. The van der Waals surface area contributed by atoms with Gasteiger partial charge < -0.3 is 9.80 Å². The average Bonchev–Trinajstić information content (AvgIpc) is 2.96. The molecule has 3 aromatic heterocycles. The topological polar surface area (TPSA) is 49.6 Å². The van der Waals surface area contributed by atoms with Crippen molar-refractivity contribution >= 4 is 17.2 Å². The van der Waals surface area contributed by atoms with Crippen LogP contribution in [0.4, 0.5) is 11.5 Å². The highest BCUT2D eigenvalue weighted by Crippen LogP contribution is 2.24. The predicted molar refractivity (Wildman–Crippen MR) is 101 cm³/mol. The number of piperazine rings is 1. The number of nitrogens with zero attached hydrogens (tertiary/aromatic N) is 6. The third-order valence-corrected chi connectivity index (χ3v) is 5.08. The molecule has 0 N–H and O–H groups in total. The minimum absolute atomic E-state index is 0.935. The summed E-state index contributed by atoms with van der Waals surface area (Å²) in [7, 11) is 0. The molecule has 0 aliphatic carbocycles. The molecular formula is C19H24N6. The Hall–Kier alpha value is -2.63. The number of pyridine rings is 1. The summed E-state index contributed by atoms with van der Waals surface area (Å²) in [5.74, 6) is 1.16. The fourth-order valence-corrected chi connectivity index (χ4v) is 3.42. The fraction of sp³-hybridized carbons (Fsp3) is 0.421. The summed E-state index contributed by atoms with van der Waals surface area (Å²) < 4.78 is 2.02. The average molecular weight is 336 g/mol. The van der Waals surface area contributed by atoms with Crippen LogP contribution in [0.1, 0.15) is 23.9 Å². The second-order valence-electron chi connectivity index (χ2n) is 6.58. The SMILES string of the molecule is CCc1cc(N2CCN(c3ccncc3)CC2)n2nc(C)c(C)c2n1. The maximum absolute atomic E-state index is 4.79. The van der Waals surface area contributed by atoms with Crippen molar-refractivity contribution in [3.05, 3.63) is 47.5 Å². The number of anilines is 2. The van der Waals surface area contributed by atoms with Crippen molar-refractivity contribution in [2.24, 2.45) is 0 Å². The van der Waals surface area contributed by atoms with E-state index in [1.54, 1.807) is 0 Å². The van der Waals surface area contributed by atoms with E-state index < -0.39 is 0 Å². The Labute approximate surface area is 148 Å².